The summed E-state index contributed by atoms with van der Waals surface area (Å²) in [6.07, 6.45) is 0. The van der Waals surface area contributed by atoms with Crippen molar-refractivity contribution in [1.82, 2.24) is 4.98 Å². The lowest BCUT2D eigenvalue weighted by molar-refractivity contribution is 1.08. The zero-order chi connectivity index (χ0) is 15.4. The molecule has 1 heterocycles. The second-order valence-corrected chi connectivity index (χ2v) is 5.64. The number of hydrogen-bond donors (Lipinski definition) is 1. The van der Waals surface area contributed by atoms with Gasteiger partial charge in [0.05, 0.1) is 11.1 Å². The SMILES string of the molecule is Cc1cccc(CSc2nc(N)c(C#N)c(C)c2C#N)c1. The summed E-state index contributed by atoms with van der Waals surface area (Å²) in [5.41, 5.74) is 9.45. The summed E-state index contributed by atoms with van der Waals surface area (Å²) in [5, 5.41) is 18.9. The highest BCUT2D eigenvalue weighted by Gasteiger charge is 2.15. The molecule has 104 valence electrons. The predicted molar refractivity (Wildman–Crippen MR) is 83.6 cm³/mol. The number of rotatable bonds is 3. The Labute approximate surface area is 128 Å². The van der Waals surface area contributed by atoms with E-state index in [4.69, 9.17) is 11.0 Å². The first-order chi connectivity index (χ1) is 10.1. The first kappa shape index (κ1) is 14.9. The highest BCUT2D eigenvalue weighted by molar-refractivity contribution is 7.98. The van der Waals surface area contributed by atoms with Crippen LogP contribution < -0.4 is 5.73 Å². The molecule has 4 nitrogen and oxygen atoms in total. The van der Waals surface area contributed by atoms with Gasteiger partial charge in [-0.3, -0.25) is 0 Å². The summed E-state index contributed by atoms with van der Waals surface area (Å²) in [6, 6.07) is 12.3. The summed E-state index contributed by atoms with van der Waals surface area (Å²) in [6.45, 7) is 3.77. The van der Waals surface area contributed by atoms with Crippen LogP contribution in [0.1, 0.15) is 27.8 Å². The van der Waals surface area contributed by atoms with E-state index in [1.165, 1.54) is 17.3 Å². The molecule has 2 rings (SSSR count). The van der Waals surface area contributed by atoms with Crippen molar-refractivity contribution < 1.29 is 0 Å². The Balaban J connectivity index is 2.33. The Hall–Kier alpha value is -2.50. The average molecular weight is 294 g/mol. The van der Waals surface area contributed by atoms with Crippen molar-refractivity contribution in [3.8, 4) is 12.1 Å². The minimum Gasteiger partial charge on any atom is -0.383 e. The predicted octanol–water partition coefficient (Wildman–Crippen LogP) is 3.32. The maximum Gasteiger partial charge on any atom is 0.143 e. The smallest absolute Gasteiger partial charge is 0.143 e. The van der Waals surface area contributed by atoms with Gasteiger partial charge in [0.1, 0.15) is 23.0 Å². The molecule has 0 aliphatic carbocycles. The fourth-order valence-electron chi connectivity index (χ4n) is 2.03. The van der Waals surface area contributed by atoms with E-state index in [0.717, 1.165) is 5.56 Å². The van der Waals surface area contributed by atoms with Crippen LogP contribution in [-0.4, -0.2) is 4.98 Å². The van der Waals surface area contributed by atoms with Crippen LogP contribution in [0.5, 0.6) is 0 Å². The Kier molecular flexibility index (Phi) is 4.47. The van der Waals surface area contributed by atoms with Crippen LogP contribution in [0.15, 0.2) is 29.3 Å². The number of anilines is 1. The molecule has 5 heteroatoms. The summed E-state index contributed by atoms with van der Waals surface area (Å²) in [7, 11) is 0. The molecule has 0 amide bonds. The van der Waals surface area contributed by atoms with E-state index in [-0.39, 0.29) is 11.4 Å². The fourth-order valence-corrected chi connectivity index (χ4v) is 3.02. The number of nitrogens with two attached hydrogens (primary N) is 1. The third kappa shape index (κ3) is 3.16. The van der Waals surface area contributed by atoms with E-state index < -0.39 is 0 Å². The zero-order valence-corrected chi connectivity index (χ0v) is 12.7. The van der Waals surface area contributed by atoms with E-state index in [1.807, 2.05) is 31.2 Å². The van der Waals surface area contributed by atoms with Gasteiger partial charge in [-0.2, -0.15) is 10.5 Å². The van der Waals surface area contributed by atoms with Crippen LogP contribution in [0.2, 0.25) is 0 Å². The van der Waals surface area contributed by atoms with Gasteiger partial charge in [0.2, 0.25) is 0 Å². The highest BCUT2D eigenvalue weighted by atomic mass is 32.2. The molecule has 1 aromatic carbocycles. The molecule has 21 heavy (non-hydrogen) atoms. The minimum atomic E-state index is 0.181. The summed E-state index contributed by atoms with van der Waals surface area (Å²) in [4.78, 5) is 4.21. The topological polar surface area (TPSA) is 86.5 Å². The van der Waals surface area contributed by atoms with Crippen molar-refractivity contribution in [2.24, 2.45) is 0 Å². The van der Waals surface area contributed by atoms with Crippen molar-refractivity contribution in [1.29, 1.82) is 10.5 Å². The van der Waals surface area contributed by atoms with E-state index >= 15 is 0 Å². The quantitative estimate of drug-likeness (QED) is 0.877. The van der Waals surface area contributed by atoms with Crippen LogP contribution in [0.4, 0.5) is 5.82 Å². The largest absolute Gasteiger partial charge is 0.383 e. The molecule has 2 aromatic rings. The van der Waals surface area contributed by atoms with Gasteiger partial charge >= 0.3 is 0 Å². The molecule has 0 radical (unpaired) electrons. The Morgan fingerprint density at radius 1 is 1.19 bits per heavy atom. The van der Waals surface area contributed by atoms with Crippen LogP contribution in [0.25, 0.3) is 0 Å². The summed E-state index contributed by atoms with van der Waals surface area (Å²) < 4.78 is 0. The monoisotopic (exact) mass is 294 g/mol. The second kappa shape index (κ2) is 6.30. The van der Waals surface area contributed by atoms with E-state index in [2.05, 4.69) is 17.1 Å². The van der Waals surface area contributed by atoms with Gasteiger partial charge in [0.15, 0.2) is 0 Å². The first-order valence-corrected chi connectivity index (χ1v) is 7.34. The normalized spacial score (nSPS) is 9.90. The molecule has 0 aliphatic heterocycles. The molecular weight excluding hydrogens is 280 g/mol. The number of nitrogen functional groups attached to an aromatic ring is 1. The number of nitriles is 2. The molecule has 0 fully saturated rings. The van der Waals surface area contributed by atoms with Crippen molar-refractivity contribution in [3.63, 3.8) is 0 Å². The Morgan fingerprint density at radius 3 is 2.52 bits per heavy atom. The Morgan fingerprint density at radius 2 is 1.90 bits per heavy atom. The van der Waals surface area contributed by atoms with Crippen molar-refractivity contribution >= 4 is 17.6 Å². The summed E-state index contributed by atoms with van der Waals surface area (Å²) in [5.74, 6) is 0.884. The lowest BCUT2D eigenvalue weighted by Crippen LogP contribution is -2.03. The number of hydrogen-bond acceptors (Lipinski definition) is 5. The molecule has 0 atom stereocenters. The van der Waals surface area contributed by atoms with Gasteiger partial charge in [-0.25, -0.2) is 4.98 Å². The number of aromatic nitrogens is 1. The molecule has 0 saturated heterocycles. The van der Waals surface area contributed by atoms with E-state index in [0.29, 0.717) is 21.9 Å². The van der Waals surface area contributed by atoms with Gasteiger partial charge in [0.25, 0.3) is 0 Å². The number of benzene rings is 1. The van der Waals surface area contributed by atoms with E-state index in [1.54, 1.807) is 6.92 Å². The number of pyridine rings is 1. The number of aryl methyl sites for hydroxylation is 1. The molecular formula is C16H14N4S. The van der Waals surface area contributed by atoms with Crippen LogP contribution in [0, 0.1) is 36.5 Å². The third-order valence-corrected chi connectivity index (χ3v) is 4.17. The highest BCUT2D eigenvalue weighted by Crippen LogP contribution is 2.30. The fraction of sp³-hybridized carbons (Fsp3) is 0.188. The van der Waals surface area contributed by atoms with Gasteiger partial charge in [-0.05, 0) is 25.0 Å². The first-order valence-electron chi connectivity index (χ1n) is 6.35. The molecule has 2 N–H and O–H groups in total. The maximum atomic E-state index is 9.30. The van der Waals surface area contributed by atoms with Gasteiger partial charge in [0, 0.05) is 5.75 Å². The lowest BCUT2D eigenvalue weighted by atomic mass is 10.1. The lowest BCUT2D eigenvalue weighted by Gasteiger charge is -2.09. The van der Waals surface area contributed by atoms with Gasteiger partial charge < -0.3 is 5.73 Å². The van der Waals surface area contributed by atoms with Gasteiger partial charge in [-0.15, -0.1) is 11.8 Å². The average Bonchev–Trinajstić information content (AvgIpc) is 2.45. The maximum absolute atomic E-state index is 9.30. The van der Waals surface area contributed by atoms with E-state index in [9.17, 15) is 5.26 Å². The number of thioether (sulfide) groups is 1. The Bertz CT molecular complexity index is 769. The third-order valence-electron chi connectivity index (χ3n) is 3.12. The molecule has 0 saturated carbocycles. The molecule has 0 bridgehead atoms. The van der Waals surface area contributed by atoms with Crippen molar-refractivity contribution in [2.75, 3.05) is 5.73 Å². The molecule has 0 unspecified atom stereocenters. The van der Waals surface area contributed by atoms with Gasteiger partial charge in [-0.1, -0.05) is 29.8 Å². The van der Waals surface area contributed by atoms with Crippen LogP contribution in [-0.2, 0) is 5.75 Å². The van der Waals surface area contributed by atoms with Crippen molar-refractivity contribution in [2.45, 2.75) is 24.6 Å². The van der Waals surface area contributed by atoms with Crippen LogP contribution >= 0.6 is 11.8 Å². The van der Waals surface area contributed by atoms with Crippen LogP contribution in [0.3, 0.4) is 0 Å². The second-order valence-electron chi connectivity index (χ2n) is 4.68. The number of nitrogens with zero attached hydrogens (tertiary/aromatic N) is 3. The standard InChI is InChI=1S/C16H14N4S/c1-10-4-3-5-12(6-10)9-21-16-14(8-18)11(2)13(7-17)15(19)20-16/h3-6H,9H2,1-2H3,(H2,19,20). The van der Waals surface area contributed by atoms with Crippen molar-refractivity contribution in [3.05, 3.63) is 52.1 Å². The summed E-state index contributed by atoms with van der Waals surface area (Å²) >= 11 is 1.46. The molecule has 0 spiro atoms. The minimum absolute atomic E-state index is 0.181. The molecule has 1 aromatic heterocycles. The molecule has 0 aliphatic rings. The zero-order valence-electron chi connectivity index (χ0n) is 11.8.